The molecule has 0 spiro atoms. The van der Waals surface area contributed by atoms with E-state index in [1.165, 1.54) is 11.5 Å². The highest BCUT2D eigenvalue weighted by Crippen LogP contribution is 2.13. The molecule has 0 aliphatic carbocycles. The molecule has 6 nitrogen and oxygen atoms in total. The Kier molecular flexibility index (Phi) is 6.22. The number of benzene rings is 1. The summed E-state index contributed by atoms with van der Waals surface area (Å²) in [5.74, 6) is 0. The number of hydroxylamine groups is 1. The summed E-state index contributed by atoms with van der Waals surface area (Å²) in [5, 5.41) is 8.19. The van der Waals surface area contributed by atoms with Gasteiger partial charge in [-0.05, 0) is 18.6 Å². The van der Waals surface area contributed by atoms with Gasteiger partial charge in [0.15, 0.2) is 0 Å². The van der Waals surface area contributed by atoms with Crippen LogP contribution in [0.3, 0.4) is 0 Å². The molecule has 0 aliphatic heterocycles. The van der Waals surface area contributed by atoms with Gasteiger partial charge in [0.2, 0.25) is 0 Å². The molecule has 1 aromatic carbocycles. The second-order valence-electron chi connectivity index (χ2n) is 2.81. The van der Waals surface area contributed by atoms with Crippen LogP contribution in [0.5, 0.6) is 0 Å². The number of carbonyl (C=O) groups is 1. The van der Waals surface area contributed by atoms with Crippen molar-refractivity contribution >= 4 is 16.1 Å². The van der Waals surface area contributed by atoms with Gasteiger partial charge in [0, 0.05) is 0 Å². The first-order valence-corrected chi connectivity index (χ1v) is 6.48. The highest BCUT2D eigenvalue weighted by molar-refractivity contribution is 7.90. The molecule has 96 valence electrons. The largest absolute Gasteiger partial charge is 0.352 e. The zero-order valence-corrected chi connectivity index (χ0v) is 10.7. The number of carbonyl (C=O) groups excluding carboxylic acids is 1. The van der Waals surface area contributed by atoms with Gasteiger partial charge in [0.25, 0.3) is 10.0 Å². The lowest BCUT2D eigenvalue weighted by Crippen LogP contribution is -2.37. The minimum Gasteiger partial charge on any atom is -0.287 e. The maximum Gasteiger partial charge on any atom is 0.352 e. The van der Waals surface area contributed by atoms with Crippen molar-refractivity contribution in [2.45, 2.75) is 25.7 Å². The molecule has 0 bridgehead atoms. The van der Waals surface area contributed by atoms with Gasteiger partial charge in [0.05, 0.1) is 4.90 Å². The molecular formula is C10H16N2O4S. The third kappa shape index (κ3) is 4.41. The first kappa shape index (κ1) is 15.4. The van der Waals surface area contributed by atoms with Crippen LogP contribution in [-0.4, -0.2) is 19.7 Å². The highest BCUT2D eigenvalue weighted by atomic mass is 32.2. The van der Waals surface area contributed by atoms with Gasteiger partial charge in [-0.15, -0.1) is 0 Å². The molecule has 0 atom stereocenters. The summed E-state index contributed by atoms with van der Waals surface area (Å²) >= 11 is 0. The van der Waals surface area contributed by atoms with E-state index in [1.54, 1.807) is 29.8 Å². The lowest BCUT2D eigenvalue weighted by molar-refractivity contribution is 0.166. The summed E-state index contributed by atoms with van der Waals surface area (Å²) in [5.41, 5.74) is 1.69. The summed E-state index contributed by atoms with van der Waals surface area (Å²) in [6, 6.07) is 4.99. The van der Waals surface area contributed by atoms with Gasteiger partial charge in [-0.25, -0.2) is 23.4 Å². The zero-order chi connectivity index (χ0) is 13.5. The molecule has 3 N–H and O–H groups in total. The van der Waals surface area contributed by atoms with Crippen LogP contribution in [0.15, 0.2) is 29.2 Å². The fourth-order valence-electron chi connectivity index (χ4n) is 1.06. The van der Waals surface area contributed by atoms with Gasteiger partial charge < -0.3 is 0 Å². The van der Waals surface area contributed by atoms with Crippen LogP contribution in [0.1, 0.15) is 19.4 Å². The van der Waals surface area contributed by atoms with Gasteiger partial charge in [-0.3, -0.25) is 5.21 Å². The summed E-state index contributed by atoms with van der Waals surface area (Å²) in [6.07, 6.45) is 0. The lowest BCUT2D eigenvalue weighted by atomic mass is 10.2. The van der Waals surface area contributed by atoms with Crippen LogP contribution in [0.2, 0.25) is 0 Å². The Labute approximate surface area is 101 Å². The number of sulfonamides is 1. The molecule has 2 amide bonds. The Hall–Kier alpha value is -1.60. The Balaban J connectivity index is 0.00000121. The molecule has 0 fully saturated rings. The molecule has 0 aliphatic rings. The van der Waals surface area contributed by atoms with E-state index in [4.69, 9.17) is 5.21 Å². The van der Waals surface area contributed by atoms with E-state index in [1.807, 2.05) is 13.8 Å². The third-order valence-electron chi connectivity index (χ3n) is 1.71. The smallest absolute Gasteiger partial charge is 0.287 e. The van der Waals surface area contributed by atoms with Crippen LogP contribution in [0.4, 0.5) is 4.79 Å². The quantitative estimate of drug-likeness (QED) is 0.553. The first-order chi connectivity index (χ1) is 7.97. The Morgan fingerprint density at radius 1 is 1.24 bits per heavy atom. The van der Waals surface area contributed by atoms with Gasteiger partial charge >= 0.3 is 6.03 Å². The molecule has 0 saturated carbocycles. The summed E-state index contributed by atoms with van der Waals surface area (Å²) in [6.45, 7) is 5.60. The van der Waals surface area contributed by atoms with Crippen molar-refractivity contribution in [2.24, 2.45) is 0 Å². The molecule has 0 saturated heterocycles. The third-order valence-corrected chi connectivity index (χ3v) is 3.20. The topological polar surface area (TPSA) is 95.5 Å². The van der Waals surface area contributed by atoms with Gasteiger partial charge in [-0.1, -0.05) is 32.0 Å². The number of urea groups is 1. The average Bonchev–Trinajstić information content (AvgIpc) is 2.31. The van der Waals surface area contributed by atoms with E-state index < -0.39 is 16.1 Å². The standard InChI is InChI=1S/C8H10N2O4S.C2H6/c1-6-4-2-3-5-7(6)15(13,14)10-8(11)9-12;1-2/h2-5,12H,1H3,(H2,9,10,11);1-2H3. The van der Waals surface area contributed by atoms with Crippen LogP contribution >= 0.6 is 0 Å². The van der Waals surface area contributed by atoms with Crippen molar-refractivity contribution in [1.82, 2.24) is 10.2 Å². The van der Waals surface area contributed by atoms with Crippen molar-refractivity contribution in [2.75, 3.05) is 0 Å². The number of aryl methyl sites for hydroxylation is 1. The molecule has 0 aromatic heterocycles. The van der Waals surface area contributed by atoms with Crippen LogP contribution in [-0.2, 0) is 10.0 Å². The molecule has 7 heteroatoms. The second kappa shape index (κ2) is 6.87. The summed E-state index contributed by atoms with van der Waals surface area (Å²) in [7, 11) is -3.92. The van der Waals surface area contributed by atoms with E-state index >= 15 is 0 Å². The van der Waals surface area contributed by atoms with Gasteiger partial charge in [-0.2, -0.15) is 0 Å². The summed E-state index contributed by atoms with van der Waals surface area (Å²) < 4.78 is 24.7. The monoisotopic (exact) mass is 260 g/mol. The van der Waals surface area contributed by atoms with Crippen molar-refractivity contribution in [3.63, 3.8) is 0 Å². The fourth-order valence-corrected chi connectivity index (χ4v) is 2.21. The minimum atomic E-state index is -3.92. The van der Waals surface area contributed by atoms with Crippen LogP contribution < -0.4 is 10.2 Å². The van der Waals surface area contributed by atoms with Crippen molar-refractivity contribution in [3.05, 3.63) is 29.8 Å². The number of amides is 2. The van der Waals surface area contributed by atoms with Crippen molar-refractivity contribution < 1.29 is 18.4 Å². The van der Waals surface area contributed by atoms with E-state index in [0.717, 1.165) is 0 Å². The minimum absolute atomic E-state index is 0.00593. The lowest BCUT2D eigenvalue weighted by Gasteiger charge is -2.07. The normalized spacial score (nSPS) is 9.88. The van der Waals surface area contributed by atoms with Gasteiger partial charge in [0.1, 0.15) is 0 Å². The molecule has 0 unspecified atom stereocenters. The molecular weight excluding hydrogens is 244 g/mol. The predicted molar refractivity (Wildman–Crippen MR) is 63.2 cm³/mol. The molecule has 17 heavy (non-hydrogen) atoms. The predicted octanol–water partition coefficient (Wildman–Crippen LogP) is 1.40. The first-order valence-electron chi connectivity index (χ1n) is 5.00. The van der Waals surface area contributed by atoms with Crippen LogP contribution in [0, 0.1) is 6.92 Å². The number of nitrogens with one attached hydrogen (secondary N) is 2. The molecule has 0 heterocycles. The Bertz CT molecular complexity index is 471. The van der Waals surface area contributed by atoms with E-state index in [-0.39, 0.29) is 4.90 Å². The van der Waals surface area contributed by atoms with E-state index in [0.29, 0.717) is 5.56 Å². The Morgan fingerprint density at radius 3 is 2.24 bits per heavy atom. The van der Waals surface area contributed by atoms with E-state index in [2.05, 4.69) is 0 Å². The molecule has 1 rings (SSSR count). The Morgan fingerprint density at radius 2 is 1.76 bits per heavy atom. The second-order valence-corrected chi connectivity index (χ2v) is 4.46. The average molecular weight is 260 g/mol. The molecule has 0 radical (unpaired) electrons. The van der Waals surface area contributed by atoms with Crippen molar-refractivity contribution in [3.8, 4) is 0 Å². The fraction of sp³-hybridized carbons (Fsp3) is 0.300. The van der Waals surface area contributed by atoms with Crippen molar-refractivity contribution in [1.29, 1.82) is 0 Å². The number of hydrogen-bond acceptors (Lipinski definition) is 4. The molecule has 1 aromatic rings. The maximum atomic E-state index is 11.5. The van der Waals surface area contributed by atoms with Crippen LogP contribution in [0.25, 0.3) is 0 Å². The number of hydrogen-bond donors (Lipinski definition) is 3. The SMILES string of the molecule is CC.Cc1ccccc1S(=O)(=O)NC(=O)NO. The maximum absolute atomic E-state index is 11.5. The summed E-state index contributed by atoms with van der Waals surface area (Å²) in [4.78, 5) is 10.7. The number of rotatable bonds is 2. The highest BCUT2D eigenvalue weighted by Gasteiger charge is 2.18. The van der Waals surface area contributed by atoms with E-state index in [9.17, 15) is 13.2 Å². The zero-order valence-electron chi connectivity index (χ0n) is 9.89.